The Bertz CT molecular complexity index is 566. The maximum Gasteiger partial charge on any atom is 0.311 e. The fourth-order valence-corrected chi connectivity index (χ4v) is 2.71. The van der Waals surface area contributed by atoms with Crippen LogP contribution in [0.15, 0.2) is 24.3 Å². The van der Waals surface area contributed by atoms with Crippen molar-refractivity contribution in [2.75, 3.05) is 26.4 Å². The molecule has 1 saturated heterocycles. The summed E-state index contributed by atoms with van der Waals surface area (Å²) in [4.78, 5) is 23.7. The van der Waals surface area contributed by atoms with Crippen LogP contribution in [0.25, 0.3) is 0 Å². The fourth-order valence-electron chi connectivity index (χ4n) is 2.71. The molecule has 1 aliphatic heterocycles. The number of amides is 1. The van der Waals surface area contributed by atoms with Gasteiger partial charge in [-0.05, 0) is 37.0 Å². The SMILES string of the molecule is CCCOc1cccc(CC(=O)NCC2(C(=O)O)CCOCC2)c1. The van der Waals surface area contributed by atoms with Crippen LogP contribution in [0.1, 0.15) is 31.7 Å². The first-order valence-electron chi connectivity index (χ1n) is 8.35. The topological polar surface area (TPSA) is 84.9 Å². The molecule has 6 nitrogen and oxygen atoms in total. The van der Waals surface area contributed by atoms with E-state index in [9.17, 15) is 14.7 Å². The first-order chi connectivity index (χ1) is 11.6. The summed E-state index contributed by atoms with van der Waals surface area (Å²) in [6.07, 6.45) is 1.97. The van der Waals surface area contributed by atoms with Gasteiger partial charge in [-0.2, -0.15) is 0 Å². The molecule has 2 N–H and O–H groups in total. The summed E-state index contributed by atoms with van der Waals surface area (Å²) >= 11 is 0. The van der Waals surface area contributed by atoms with Gasteiger partial charge in [0.2, 0.25) is 5.91 Å². The minimum Gasteiger partial charge on any atom is -0.494 e. The van der Waals surface area contributed by atoms with Crippen LogP contribution in [0.5, 0.6) is 5.75 Å². The second kappa shape index (κ2) is 8.68. The number of rotatable bonds is 8. The van der Waals surface area contributed by atoms with Gasteiger partial charge in [-0.3, -0.25) is 9.59 Å². The van der Waals surface area contributed by atoms with Crippen LogP contribution in [0.4, 0.5) is 0 Å². The number of ether oxygens (including phenoxy) is 2. The molecule has 0 unspecified atom stereocenters. The number of hydrogen-bond acceptors (Lipinski definition) is 4. The van der Waals surface area contributed by atoms with Crippen molar-refractivity contribution in [1.29, 1.82) is 0 Å². The molecule has 0 atom stereocenters. The monoisotopic (exact) mass is 335 g/mol. The second-order valence-electron chi connectivity index (χ2n) is 6.15. The highest BCUT2D eigenvalue weighted by molar-refractivity contribution is 5.80. The molecule has 1 heterocycles. The summed E-state index contributed by atoms with van der Waals surface area (Å²) < 4.78 is 10.8. The molecule has 0 radical (unpaired) electrons. The Morgan fingerprint density at radius 3 is 2.75 bits per heavy atom. The normalized spacial score (nSPS) is 16.4. The van der Waals surface area contributed by atoms with E-state index in [0.29, 0.717) is 32.7 Å². The van der Waals surface area contributed by atoms with Gasteiger partial charge in [-0.15, -0.1) is 0 Å². The van der Waals surface area contributed by atoms with Gasteiger partial charge in [0.05, 0.1) is 18.4 Å². The molecule has 2 rings (SSSR count). The van der Waals surface area contributed by atoms with Gasteiger partial charge in [0.1, 0.15) is 5.75 Å². The molecule has 0 spiro atoms. The first-order valence-corrected chi connectivity index (χ1v) is 8.35. The standard InChI is InChI=1S/C18H25NO5/c1-2-8-24-15-5-3-4-14(11-15)12-16(20)19-13-18(17(21)22)6-9-23-10-7-18/h3-5,11H,2,6-10,12-13H2,1H3,(H,19,20)(H,21,22). The van der Waals surface area contributed by atoms with Crippen LogP contribution in [0.3, 0.4) is 0 Å². The number of hydrogen-bond donors (Lipinski definition) is 2. The van der Waals surface area contributed by atoms with Crippen LogP contribution < -0.4 is 10.1 Å². The minimum absolute atomic E-state index is 0.135. The van der Waals surface area contributed by atoms with E-state index in [1.165, 1.54) is 0 Å². The third-order valence-electron chi connectivity index (χ3n) is 4.26. The summed E-state index contributed by atoms with van der Waals surface area (Å²) in [5.41, 5.74) is -0.0718. The second-order valence-corrected chi connectivity index (χ2v) is 6.15. The van der Waals surface area contributed by atoms with Crippen molar-refractivity contribution in [3.63, 3.8) is 0 Å². The number of carboxylic acid groups (broad SMARTS) is 1. The largest absolute Gasteiger partial charge is 0.494 e. The van der Waals surface area contributed by atoms with E-state index < -0.39 is 11.4 Å². The minimum atomic E-state index is -0.917. The van der Waals surface area contributed by atoms with Crippen LogP contribution in [0, 0.1) is 5.41 Å². The number of carbonyl (C=O) groups excluding carboxylic acids is 1. The zero-order valence-electron chi connectivity index (χ0n) is 14.0. The lowest BCUT2D eigenvalue weighted by Crippen LogP contribution is -2.46. The molecule has 1 amide bonds. The highest BCUT2D eigenvalue weighted by atomic mass is 16.5. The van der Waals surface area contributed by atoms with Crippen molar-refractivity contribution in [3.8, 4) is 5.75 Å². The Labute approximate surface area is 142 Å². The van der Waals surface area contributed by atoms with Gasteiger partial charge in [0, 0.05) is 19.8 Å². The third kappa shape index (κ3) is 4.96. The Balaban J connectivity index is 1.89. The van der Waals surface area contributed by atoms with Crippen molar-refractivity contribution in [2.24, 2.45) is 5.41 Å². The molecule has 132 valence electrons. The van der Waals surface area contributed by atoms with Crippen LogP contribution >= 0.6 is 0 Å². The fraction of sp³-hybridized carbons (Fsp3) is 0.556. The summed E-state index contributed by atoms with van der Waals surface area (Å²) in [6.45, 7) is 3.64. The van der Waals surface area contributed by atoms with Gasteiger partial charge in [-0.1, -0.05) is 19.1 Å². The number of carboxylic acids is 1. The maximum atomic E-state index is 12.2. The molecule has 0 aromatic heterocycles. The zero-order valence-corrected chi connectivity index (χ0v) is 14.0. The van der Waals surface area contributed by atoms with Gasteiger partial charge in [0.25, 0.3) is 0 Å². The Hall–Kier alpha value is -2.08. The van der Waals surface area contributed by atoms with Gasteiger partial charge in [0.15, 0.2) is 0 Å². The maximum absolute atomic E-state index is 12.2. The van der Waals surface area contributed by atoms with Gasteiger partial charge in [-0.25, -0.2) is 0 Å². The van der Waals surface area contributed by atoms with Gasteiger partial charge >= 0.3 is 5.97 Å². The van der Waals surface area contributed by atoms with E-state index in [0.717, 1.165) is 17.7 Å². The first kappa shape index (κ1) is 18.3. The molecule has 6 heteroatoms. The van der Waals surface area contributed by atoms with Crippen LogP contribution in [-0.4, -0.2) is 43.3 Å². The van der Waals surface area contributed by atoms with E-state index in [-0.39, 0.29) is 18.9 Å². The van der Waals surface area contributed by atoms with Crippen molar-refractivity contribution in [3.05, 3.63) is 29.8 Å². The van der Waals surface area contributed by atoms with E-state index in [2.05, 4.69) is 5.32 Å². The van der Waals surface area contributed by atoms with E-state index >= 15 is 0 Å². The van der Waals surface area contributed by atoms with E-state index in [1.807, 2.05) is 31.2 Å². The molecule has 0 aliphatic carbocycles. The van der Waals surface area contributed by atoms with E-state index in [1.54, 1.807) is 0 Å². The number of benzene rings is 1. The smallest absolute Gasteiger partial charge is 0.311 e. The van der Waals surface area contributed by atoms with Crippen LogP contribution in [0.2, 0.25) is 0 Å². The Morgan fingerprint density at radius 1 is 1.33 bits per heavy atom. The molecule has 24 heavy (non-hydrogen) atoms. The quantitative estimate of drug-likeness (QED) is 0.759. The summed E-state index contributed by atoms with van der Waals surface area (Å²) in [5, 5.41) is 12.3. The Kier molecular flexibility index (Phi) is 6.61. The lowest BCUT2D eigenvalue weighted by molar-refractivity contribution is -0.154. The van der Waals surface area contributed by atoms with E-state index in [4.69, 9.17) is 9.47 Å². The lowest BCUT2D eigenvalue weighted by atomic mass is 9.80. The summed E-state index contributed by atoms with van der Waals surface area (Å²) in [7, 11) is 0. The highest BCUT2D eigenvalue weighted by Crippen LogP contribution is 2.30. The molecule has 1 fully saturated rings. The summed E-state index contributed by atoms with van der Waals surface area (Å²) in [5.74, 6) is -0.315. The molecular weight excluding hydrogens is 310 g/mol. The molecule has 1 aromatic carbocycles. The Morgan fingerprint density at radius 2 is 2.08 bits per heavy atom. The zero-order chi connectivity index (χ0) is 17.4. The molecule has 0 saturated carbocycles. The predicted octanol–water partition coefficient (Wildman–Crippen LogP) is 2.02. The predicted molar refractivity (Wildman–Crippen MR) is 89.1 cm³/mol. The number of carbonyl (C=O) groups is 2. The van der Waals surface area contributed by atoms with Crippen molar-refractivity contribution in [1.82, 2.24) is 5.32 Å². The molecule has 0 bridgehead atoms. The average molecular weight is 335 g/mol. The number of aliphatic carboxylic acids is 1. The van der Waals surface area contributed by atoms with Crippen molar-refractivity contribution < 1.29 is 24.2 Å². The number of nitrogens with one attached hydrogen (secondary N) is 1. The summed E-state index contributed by atoms with van der Waals surface area (Å²) in [6, 6.07) is 7.42. The lowest BCUT2D eigenvalue weighted by Gasteiger charge is -2.33. The highest BCUT2D eigenvalue weighted by Gasteiger charge is 2.40. The molecule has 1 aliphatic rings. The van der Waals surface area contributed by atoms with Crippen molar-refractivity contribution in [2.45, 2.75) is 32.6 Å². The molecule has 1 aromatic rings. The van der Waals surface area contributed by atoms with Gasteiger partial charge < -0.3 is 19.9 Å². The molecular formula is C18H25NO5. The third-order valence-corrected chi connectivity index (χ3v) is 4.26. The van der Waals surface area contributed by atoms with Crippen LogP contribution in [-0.2, 0) is 20.7 Å². The van der Waals surface area contributed by atoms with Crippen molar-refractivity contribution >= 4 is 11.9 Å². The average Bonchev–Trinajstić information content (AvgIpc) is 2.59.